The summed E-state index contributed by atoms with van der Waals surface area (Å²) in [6, 6.07) is 0.108. The van der Waals surface area contributed by atoms with Crippen molar-refractivity contribution in [2.24, 2.45) is 5.92 Å². The summed E-state index contributed by atoms with van der Waals surface area (Å²) in [4.78, 5) is 21.9. The van der Waals surface area contributed by atoms with Crippen molar-refractivity contribution in [2.75, 3.05) is 18.6 Å². The van der Waals surface area contributed by atoms with Gasteiger partial charge in [-0.15, -0.1) is 0 Å². The highest BCUT2D eigenvalue weighted by atomic mass is 32.2. The van der Waals surface area contributed by atoms with Gasteiger partial charge in [0.2, 0.25) is 0 Å². The Hall–Kier alpha value is -0.910. The number of aliphatic carboxylic acids is 1. The van der Waals surface area contributed by atoms with Gasteiger partial charge in [0.15, 0.2) is 0 Å². The van der Waals surface area contributed by atoms with E-state index in [1.807, 2.05) is 11.8 Å². The maximum atomic E-state index is 11.6. The van der Waals surface area contributed by atoms with Gasteiger partial charge in [-0.2, -0.15) is 11.8 Å². The third kappa shape index (κ3) is 7.30. The molecule has 1 aliphatic rings. The van der Waals surface area contributed by atoms with Crippen LogP contribution in [-0.4, -0.2) is 41.7 Å². The number of carboxylic acid groups (broad SMARTS) is 1. The molecule has 1 rings (SSSR count). The lowest BCUT2D eigenvalue weighted by molar-refractivity contribution is -0.137. The maximum absolute atomic E-state index is 11.6. The normalized spacial score (nSPS) is 22.8. The van der Waals surface area contributed by atoms with E-state index in [9.17, 15) is 9.59 Å². The molecule has 0 aromatic rings. The minimum absolute atomic E-state index is 0.0973. The lowest BCUT2D eigenvalue weighted by atomic mass is 9.87. The third-order valence-corrected chi connectivity index (χ3v) is 4.24. The minimum Gasteiger partial charge on any atom is -0.481 e. The number of amides is 2. The Balaban J connectivity index is 2.08. The van der Waals surface area contributed by atoms with Crippen LogP contribution in [-0.2, 0) is 4.79 Å². The number of nitrogens with one attached hydrogen (secondary N) is 2. The number of urea groups is 1. The second-order valence-electron chi connectivity index (χ2n) is 5.07. The molecule has 0 bridgehead atoms. The Bertz CT molecular complexity index is 292. The molecule has 6 heteroatoms. The summed E-state index contributed by atoms with van der Waals surface area (Å²) in [5.41, 5.74) is 0. The van der Waals surface area contributed by atoms with Gasteiger partial charge in [0.05, 0.1) is 0 Å². The molecule has 0 aromatic carbocycles. The summed E-state index contributed by atoms with van der Waals surface area (Å²) in [5.74, 6) is 1.19. The Kier molecular flexibility index (Phi) is 7.70. The van der Waals surface area contributed by atoms with Crippen molar-refractivity contribution >= 4 is 23.8 Å². The van der Waals surface area contributed by atoms with Crippen LogP contribution in [0.15, 0.2) is 0 Å². The van der Waals surface area contributed by atoms with Gasteiger partial charge >= 0.3 is 12.0 Å². The number of carbonyl (C=O) groups is 2. The standard InChI is InChI=1S/C13H24N2O3S/c1-19-9-10-4-6-11(7-5-10)15-13(18)14-8-2-3-12(16)17/h10-11H,2-9H2,1H3,(H,16,17)(H2,14,15,18). The smallest absolute Gasteiger partial charge is 0.315 e. The molecule has 0 aliphatic heterocycles. The molecule has 0 atom stereocenters. The van der Waals surface area contributed by atoms with Crippen LogP contribution in [0.3, 0.4) is 0 Å². The predicted octanol–water partition coefficient (Wildman–Crippen LogP) is 2.07. The van der Waals surface area contributed by atoms with E-state index in [1.165, 1.54) is 18.6 Å². The number of carboxylic acids is 1. The molecule has 1 fully saturated rings. The lowest BCUT2D eigenvalue weighted by Gasteiger charge is -2.28. The average Bonchev–Trinajstić information content (AvgIpc) is 2.37. The summed E-state index contributed by atoms with van der Waals surface area (Å²) in [6.45, 7) is 0.417. The van der Waals surface area contributed by atoms with E-state index in [0.717, 1.165) is 18.8 Å². The van der Waals surface area contributed by atoms with Crippen LogP contribution >= 0.6 is 11.8 Å². The number of hydrogen-bond acceptors (Lipinski definition) is 3. The molecule has 5 nitrogen and oxygen atoms in total. The molecule has 1 saturated carbocycles. The van der Waals surface area contributed by atoms with Crippen LogP contribution in [0.5, 0.6) is 0 Å². The molecule has 0 heterocycles. The van der Waals surface area contributed by atoms with Crippen LogP contribution in [0.25, 0.3) is 0 Å². The van der Waals surface area contributed by atoms with Gasteiger partial charge in [0.1, 0.15) is 0 Å². The van der Waals surface area contributed by atoms with Crippen molar-refractivity contribution in [1.82, 2.24) is 10.6 Å². The van der Waals surface area contributed by atoms with Gasteiger partial charge in [-0.1, -0.05) is 0 Å². The van der Waals surface area contributed by atoms with Crippen LogP contribution in [0, 0.1) is 5.92 Å². The Morgan fingerprint density at radius 2 is 1.95 bits per heavy atom. The molecular weight excluding hydrogens is 264 g/mol. The maximum Gasteiger partial charge on any atom is 0.315 e. The second kappa shape index (κ2) is 9.07. The van der Waals surface area contributed by atoms with E-state index >= 15 is 0 Å². The molecule has 2 amide bonds. The third-order valence-electron chi connectivity index (χ3n) is 3.44. The van der Waals surface area contributed by atoms with Crippen LogP contribution in [0.1, 0.15) is 38.5 Å². The summed E-state index contributed by atoms with van der Waals surface area (Å²) in [5, 5.41) is 14.1. The zero-order chi connectivity index (χ0) is 14.1. The van der Waals surface area contributed by atoms with Crippen molar-refractivity contribution in [3.05, 3.63) is 0 Å². The molecule has 110 valence electrons. The van der Waals surface area contributed by atoms with E-state index in [4.69, 9.17) is 5.11 Å². The quantitative estimate of drug-likeness (QED) is 0.627. The van der Waals surface area contributed by atoms with E-state index in [-0.39, 0.29) is 18.5 Å². The van der Waals surface area contributed by atoms with Crippen LogP contribution in [0.2, 0.25) is 0 Å². The molecule has 0 unspecified atom stereocenters. The highest BCUT2D eigenvalue weighted by Crippen LogP contribution is 2.26. The number of rotatable bonds is 7. The first kappa shape index (κ1) is 16.1. The molecule has 0 saturated heterocycles. The van der Waals surface area contributed by atoms with E-state index in [0.29, 0.717) is 13.0 Å². The summed E-state index contributed by atoms with van der Waals surface area (Å²) >= 11 is 1.89. The Morgan fingerprint density at radius 3 is 2.53 bits per heavy atom. The van der Waals surface area contributed by atoms with Gasteiger partial charge in [0.25, 0.3) is 0 Å². The van der Waals surface area contributed by atoms with E-state index in [1.54, 1.807) is 0 Å². The fraction of sp³-hybridized carbons (Fsp3) is 0.846. The number of hydrogen-bond donors (Lipinski definition) is 3. The first-order valence-corrected chi connectivity index (χ1v) is 8.26. The second-order valence-corrected chi connectivity index (χ2v) is 5.98. The van der Waals surface area contributed by atoms with Gasteiger partial charge in [-0.3, -0.25) is 4.79 Å². The van der Waals surface area contributed by atoms with E-state index in [2.05, 4.69) is 16.9 Å². The van der Waals surface area contributed by atoms with Gasteiger partial charge in [-0.05, 0) is 50.0 Å². The Morgan fingerprint density at radius 1 is 1.26 bits per heavy atom. The predicted molar refractivity (Wildman–Crippen MR) is 77.5 cm³/mol. The average molecular weight is 288 g/mol. The molecule has 0 aromatic heterocycles. The minimum atomic E-state index is -0.825. The van der Waals surface area contributed by atoms with Crippen molar-refractivity contribution in [1.29, 1.82) is 0 Å². The molecule has 3 N–H and O–H groups in total. The lowest BCUT2D eigenvalue weighted by Crippen LogP contribution is -2.44. The first-order chi connectivity index (χ1) is 9.11. The molecule has 19 heavy (non-hydrogen) atoms. The zero-order valence-electron chi connectivity index (χ0n) is 11.5. The van der Waals surface area contributed by atoms with Crippen LogP contribution < -0.4 is 10.6 Å². The zero-order valence-corrected chi connectivity index (χ0v) is 12.3. The highest BCUT2D eigenvalue weighted by Gasteiger charge is 2.21. The van der Waals surface area contributed by atoms with Crippen molar-refractivity contribution < 1.29 is 14.7 Å². The van der Waals surface area contributed by atoms with Crippen LogP contribution in [0.4, 0.5) is 4.79 Å². The van der Waals surface area contributed by atoms with Gasteiger partial charge in [-0.25, -0.2) is 4.79 Å². The Labute approximate surface area is 118 Å². The SMILES string of the molecule is CSCC1CCC(NC(=O)NCCCC(=O)O)CC1. The van der Waals surface area contributed by atoms with Crippen molar-refractivity contribution in [3.63, 3.8) is 0 Å². The monoisotopic (exact) mass is 288 g/mol. The summed E-state index contributed by atoms with van der Waals surface area (Å²) in [7, 11) is 0. The number of thioether (sulfide) groups is 1. The topological polar surface area (TPSA) is 78.4 Å². The van der Waals surface area contributed by atoms with Gasteiger partial charge < -0.3 is 15.7 Å². The molecule has 0 radical (unpaired) electrons. The van der Waals surface area contributed by atoms with E-state index < -0.39 is 5.97 Å². The fourth-order valence-electron chi connectivity index (χ4n) is 2.39. The molecular formula is C13H24N2O3S. The van der Waals surface area contributed by atoms with Gasteiger partial charge in [0, 0.05) is 19.0 Å². The molecule has 0 spiro atoms. The fourth-order valence-corrected chi connectivity index (χ4v) is 3.19. The largest absolute Gasteiger partial charge is 0.481 e. The summed E-state index contributed by atoms with van der Waals surface area (Å²) in [6.07, 6.45) is 7.18. The molecule has 1 aliphatic carbocycles. The highest BCUT2D eigenvalue weighted by molar-refractivity contribution is 7.98. The first-order valence-electron chi connectivity index (χ1n) is 6.87. The van der Waals surface area contributed by atoms with Crippen molar-refractivity contribution in [3.8, 4) is 0 Å². The number of carbonyl (C=O) groups excluding carboxylic acids is 1. The van der Waals surface area contributed by atoms with Crippen molar-refractivity contribution in [2.45, 2.75) is 44.6 Å². The summed E-state index contributed by atoms with van der Waals surface area (Å²) < 4.78 is 0.